The summed E-state index contributed by atoms with van der Waals surface area (Å²) >= 11 is 0. The number of nitrogens with zero attached hydrogens (tertiary/aromatic N) is 6. The van der Waals surface area contributed by atoms with Crippen LogP contribution in [0.3, 0.4) is 0 Å². The van der Waals surface area contributed by atoms with Crippen molar-refractivity contribution in [2.45, 2.75) is 44.7 Å². The minimum Gasteiger partial charge on any atom is -0.433 e. The van der Waals surface area contributed by atoms with Crippen LogP contribution in [-0.2, 0) is 6.54 Å². The molecule has 1 spiro atoms. The van der Waals surface area contributed by atoms with Crippen LogP contribution in [-0.4, -0.2) is 69.2 Å². The van der Waals surface area contributed by atoms with Gasteiger partial charge in [0, 0.05) is 31.7 Å². The number of benzene rings is 1. The maximum atomic E-state index is 12.6. The van der Waals surface area contributed by atoms with E-state index in [2.05, 4.69) is 52.1 Å². The normalized spacial score (nSPS) is 21.9. The van der Waals surface area contributed by atoms with Gasteiger partial charge in [-0.25, -0.2) is 18.7 Å². The molecule has 8 nitrogen and oxygen atoms in total. The van der Waals surface area contributed by atoms with Crippen LogP contribution in [0.1, 0.15) is 42.9 Å². The van der Waals surface area contributed by atoms with Gasteiger partial charge < -0.3 is 15.4 Å². The van der Waals surface area contributed by atoms with E-state index in [1.54, 1.807) is 12.4 Å². The van der Waals surface area contributed by atoms with Crippen molar-refractivity contribution in [1.82, 2.24) is 29.5 Å². The van der Waals surface area contributed by atoms with Gasteiger partial charge in [-0.2, -0.15) is 5.10 Å². The standard InChI is InChI=1S/C26H31F2N7O/c1-16-10-33(2)11-18-5-17(3-4-21(16)18)22-9-30-24(29)25(32-22)36-20-8-31-35(12-20)19-6-26(7-19)14-34(15-26)13-23(27)28/h3-5,8-9,12,16,19,23H,6-7,10-11,13-15H2,1-2H3,(H2,29,30). The number of nitrogen functional groups attached to an aromatic ring is 1. The van der Waals surface area contributed by atoms with Crippen molar-refractivity contribution in [3.8, 4) is 22.9 Å². The number of hydrogen-bond donors (Lipinski definition) is 1. The quantitative estimate of drug-likeness (QED) is 0.550. The van der Waals surface area contributed by atoms with Gasteiger partial charge >= 0.3 is 0 Å². The van der Waals surface area contributed by atoms with E-state index in [-0.39, 0.29) is 29.7 Å². The first-order valence-electron chi connectivity index (χ1n) is 12.4. The fraction of sp³-hybridized carbons (Fsp3) is 0.500. The van der Waals surface area contributed by atoms with E-state index in [1.165, 1.54) is 11.1 Å². The second-order valence-electron chi connectivity index (χ2n) is 10.8. The smallest absolute Gasteiger partial charge is 0.263 e. The lowest BCUT2D eigenvalue weighted by molar-refractivity contribution is -0.107. The molecule has 36 heavy (non-hydrogen) atoms. The fourth-order valence-electron chi connectivity index (χ4n) is 6.20. The minimum atomic E-state index is -2.27. The third kappa shape index (κ3) is 4.32. The van der Waals surface area contributed by atoms with Crippen LogP contribution in [0.4, 0.5) is 14.6 Å². The lowest BCUT2D eigenvalue weighted by Gasteiger charge is -2.59. The highest BCUT2D eigenvalue weighted by molar-refractivity contribution is 5.63. The molecule has 0 radical (unpaired) electrons. The van der Waals surface area contributed by atoms with Crippen LogP contribution in [0.2, 0.25) is 0 Å². The summed E-state index contributed by atoms with van der Waals surface area (Å²) in [6.07, 6.45) is 4.79. The van der Waals surface area contributed by atoms with Crippen LogP contribution in [0.25, 0.3) is 11.3 Å². The van der Waals surface area contributed by atoms with Gasteiger partial charge in [0.25, 0.3) is 12.3 Å². The summed E-state index contributed by atoms with van der Waals surface area (Å²) in [5, 5.41) is 4.46. The topological polar surface area (TPSA) is 85.3 Å². The van der Waals surface area contributed by atoms with Gasteiger partial charge in [0.1, 0.15) is 0 Å². The Kier molecular flexibility index (Phi) is 5.68. The molecule has 1 aromatic carbocycles. The molecule has 1 atom stereocenters. The maximum Gasteiger partial charge on any atom is 0.263 e. The lowest BCUT2D eigenvalue weighted by Crippen LogP contribution is -2.63. The van der Waals surface area contributed by atoms with Gasteiger partial charge in [0.15, 0.2) is 11.6 Å². The molecule has 2 aromatic heterocycles. The zero-order chi connectivity index (χ0) is 25.0. The number of rotatable bonds is 6. The molecular formula is C26H31F2N7O. The highest BCUT2D eigenvalue weighted by Crippen LogP contribution is 2.54. The molecule has 1 aliphatic carbocycles. The molecule has 3 aromatic rings. The van der Waals surface area contributed by atoms with Gasteiger partial charge in [0.2, 0.25) is 0 Å². The first-order valence-corrected chi connectivity index (χ1v) is 12.4. The summed E-state index contributed by atoms with van der Waals surface area (Å²) in [6, 6.07) is 6.70. The summed E-state index contributed by atoms with van der Waals surface area (Å²) in [6.45, 7) is 5.57. The van der Waals surface area contributed by atoms with E-state index in [9.17, 15) is 8.78 Å². The van der Waals surface area contributed by atoms with Gasteiger partial charge in [-0.05, 0) is 48.4 Å². The summed E-state index contributed by atoms with van der Waals surface area (Å²) in [5.74, 6) is 1.51. The van der Waals surface area contributed by atoms with Crippen LogP contribution in [0.5, 0.6) is 11.6 Å². The average Bonchev–Trinajstić information content (AvgIpc) is 3.23. The van der Waals surface area contributed by atoms with Gasteiger partial charge in [0.05, 0.1) is 36.9 Å². The van der Waals surface area contributed by atoms with Crippen LogP contribution >= 0.6 is 0 Å². The van der Waals surface area contributed by atoms with Crippen molar-refractivity contribution in [2.75, 3.05) is 39.0 Å². The molecule has 10 heteroatoms. The second kappa shape index (κ2) is 8.77. The fourth-order valence-corrected chi connectivity index (χ4v) is 6.20. The van der Waals surface area contributed by atoms with Crippen molar-refractivity contribution in [2.24, 2.45) is 5.41 Å². The molecule has 2 N–H and O–H groups in total. The van der Waals surface area contributed by atoms with Crippen LogP contribution in [0, 0.1) is 5.41 Å². The molecule has 0 bridgehead atoms. The molecule has 2 aliphatic heterocycles. The Morgan fingerprint density at radius 1 is 1.22 bits per heavy atom. The Labute approximate surface area is 209 Å². The Morgan fingerprint density at radius 2 is 2.03 bits per heavy atom. The van der Waals surface area contributed by atoms with Crippen molar-refractivity contribution < 1.29 is 13.5 Å². The van der Waals surface area contributed by atoms with Gasteiger partial charge in [-0.3, -0.25) is 9.58 Å². The highest BCUT2D eigenvalue weighted by Gasteiger charge is 2.53. The van der Waals surface area contributed by atoms with Gasteiger partial charge in [-0.15, -0.1) is 0 Å². The molecule has 2 fully saturated rings. The largest absolute Gasteiger partial charge is 0.433 e. The SMILES string of the molecule is CC1CN(C)Cc2cc(-c3cnc(N)c(Oc4cnn(C5CC6(C5)CN(CC(F)F)C6)c4)n3)ccc21. The molecule has 4 heterocycles. The molecule has 1 unspecified atom stereocenters. The van der Waals surface area contributed by atoms with Crippen LogP contribution < -0.4 is 10.5 Å². The molecule has 190 valence electrons. The molecule has 1 saturated carbocycles. The first-order chi connectivity index (χ1) is 17.3. The number of nitrogens with two attached hydrogens (primary N) is 1. The van der Waals surface area contributed by atoms with E-state index >= 15 is 0 Å². The zero-order valence-corrected chi connectivity index (χ0v) is 20.6. The monoisotopic (exact) mass is 495 g/mol. The summed E-state index contributed by atoms with van der Waals surface area (Å²) < 4.78 is 33.0. The van der Waals surface area contributed by atoms with Crippen molar-refractivity contribution >= 4 is 5.82 Å². The number of anilines is 1. The Morgan fingerprint density at radius 3 is 2.81 bits per heavy atom. The molecule has 6 rings (SSSR count). The molecule has 3 aliphatic rings. The van der Waals surface area contributed by atoms with Crippen molar-refractivity contribution in [3.63, 3.8) is 0 Å². The Hall–Kier alpha value is -3.11. The number of likely N-dealkylation sites (tertiary alicyclic amines) is 1. The van der Waals surface area contributed by atoms with E-state index in [4.69, 9.17) is 10.5 Å². The van der Waals surface area contributed by atoms with E-state index in [0.717, 1.165) is 44.6 Å². The number of aromatic nitrogens is 4. The van der Waals surface area contributed by atoms with Gasteiger partial charge in [-0.1, -0.05) is 19.1 Å². The predicted octanol–water partition coefficient (Wildman–Crippen LogP) is 4.17. The Bertz CT molecular complexity index is 1260. The second-order valence-corrected chi connectivity index (χ2v) is 10.8. The maximum absolute atomic E-state index is 12.6. The van der Waals surface area contributed by atoms with E-state index in [1.807, 2.05) is 15.8 Å². The summed E-state index contributed by atoms with van der Waals surface area (Å²) in [5.41, 5.74) is 10.6. The molecule has 0 amide bonds. The third-order valence-corrected chi connectivity index (χ3v) is 7.78. The Balaban J connectivity index is 1.13. The van der Waals surface area contributed by atoms with Crippen molar-refractivity contribution in [1.29, 1.82) is 0 Å². The number of likely N-dealkylation sites (N-methyl/N-ethyl adjacent to an activating group) is 1. The van der Waals surface area contributed by atoms with Crippen LogP contribution in [0.15, 0.2) is 36.8 Å². The third-order valence-electron chi connectivity index (χ3n) is 7.78. The average molecular weight is 496 g/mol. The first kappa shape index (κ1) is 23.3. The summed E-state index contributed by atoms with van der Waals surface area (Å²) in [4.78, 5) is 13.1. The number of halogens is 2. The number of fused-ring (bicyclic) bond motifs is 1. The number of hydrogen-bond acceptors (Lipinski definition) is 7. The zero-order valence-electron chi connectivity index (χ0n) is 20.6. The number of alkyl halides is 2. The number of ether oxygens (including phenoxy) is 1. The summed E-state index contributed by atoms with van der Waals surface area (Å²) in [7, 11) is 2.14. The molecular weight excluding hydrogens is 464 g/mol. The molecule has 1 saturated heterocycles. The minimum absolute atomic E-state index is 0.130. The lowest BCUT2D eigenvalue weighted by atomic mass is 9.60. The van der Waals surface area contributed by atoms with E-state index < -0.39 is 6.43 Å². The van der Waals surface area contributed by atoms with Crippen molar-refractivity contribution in [3.05, 3.63) is 47.9 Å². The predicted molar refractivity (Wildman–Crippen MR) is 132 cm³/mol. The highest BCUT2D eigenvalue weighted by atomic mass is 19.3. The van der Waals surface area contributed by atoms with E-state index in [0.29, 0.717) is 17.4 Å².